The van der Waals surface area contributed by atoms with Gasteiger partial charge in [0.15, 0.2) is 17.5 Å². The van der Waals surface area contributed by atoms with Crippen LogP contribution in [0.15, 0.2) is 18.2 Å². The average Bonchev–Trinajstić information content (AvgIpc) is 2.55. The number of ether oxygens (including phenoxy) is 2. The van der Waals surface area contributed by atoms with Crippen LogP contribution >= 0.6 is 0 Å². The van der Waals surface area contributed by atoms with E-state index >= 15 is 0 Å². The SMILES string of the molecule is CCC[C@@H](C(=O)Nc1ccc2c(c1)OCCO2)[NH+](CC)CC. The van der Waals surface area contributed by atoms with Crippen LogP contribution < -0.4 is 19.7 Å². The molecular formula is C17H27N2O3+. The lowest BCUT2D eigenvalue weighted by Gasteiger charge is -2.26. The summed E-state index contributed by atoms with van der Waals surface area (Å²) in [7, 11) is 0. The number of carbonyl (C=O) groups is 1. The van der Waals surface area contributed by atoms with Crippen LogP contribution in [0.3, 0.4) is 0 Å². The molecule has 1 aromatic rings. The molecule has 0 aromatic heterocycles. The molecule has 0 saturated carbocycles. The van der Waals surface area contributed by atoms with Crippen molar-refractivity contribution in [1.82, 2.24) is 0 Å². The Balaban J connectivity index is 2.08. The van der Waals surface area contributed by atoms with Gasteiger partial charge in [-0.05, 0) is 32.4 Å². The number of rotatable bonds is 7. The smallest absolute Gasteiger partial charge is 0.282 e. The normalized spacial score (nSPS) is 14.7. The summed E-state index contributed by atoms with van der Waals surface area (Å²) in [5, 5.41) is 3.03. The molecule has 2 N–H and O–H groups in total. The molecule has 1 aromatic carbocycles. The monoisotopic (exact) mass is 307 g/mol. The van der Waals surface area contributed by atoms with Crippen LogP contribution in [0.4, 0.5) is 5.69 Å². The minimum absolute atomic E-state index is 0.00630. The summed E-state index contributed by atoms with van der Waals surface area (Å²) in [5.74, 6) is 1.52. The van der Waals surface area contributed by atoms with Crippen LogP contribution in [0.25, 0.3) is 0 Å². The molecule has 0 radical (unpaired) electrons. The fraction of sp³-hybridized carbons (Fsp3) is 0.588. The number of anilines is 1. The van der Waals surface area contributed by atoms with Crippen LogP contribution in [-0.4, -0.2) is 38.3 Å². The van der Waals surface area contributed by atoms with Gasteiger partial charge < -0.3 is 19.7 Å². The average molecular weight is 307 g/mol. The molecule has 0 aliphatic carbocycles. The molecule has 1 aliphatic rings. The van der Waals surface area contributed by atoms with Gasteiger partial charge >= 0.3 is 0 Å². The summed E-state index contributed by atoms with van der Waals surface area (Å²) < 4.78 is 11.1. The largest absolute Gasteiger partial charge is 0.486 e. The van der Waals surface area contributed by atoms with Gasteiger partial charge in [-0.3, -0.25) is 4.79 Å². The zero-order valence-electron chi connectivity index (χ0n) is 13.8. The number of amides is 1. The Morgan fingerprint density at radius 2 is 1.86 bits per heavy atom. The fourth-order valence-corrected chi connectivity index (χ4v) is 2.90. The standard InChI is InChI=1S/C17H26N2O3/c1-4-7-14(19(5-2)6-3)17(20)18-13-8-9-15-16(12-13)22-11-10-21-15/h8-9,12,14H,4-7,10-11H2,1-3H3,(H,18,20)/p+1/t14-/m0/s1. The molecule has 5 nitrogen and oxygen atoms in total. The number of hydrogen-bond acceptors (Lipinski definition) is 3. The molecule has 0 saturated heterocycles. The molecule has 122 valence electrons. The van der Waals surface area contributed by atoms with Gasteiger partial charge in [-0.2, -0.15) is 0 Å². The van der Waals surface area contributed by atoms with Crippen molar-refractivity contribution in [1.29, 1.82) is 0 Å². The minimum Gasteiger partial charge on any atom is -0.486 e. The molecule has 0 unspecified atom stereocenters. The third-order valence-corrected chi connectivity index (χ3v) is 4.10. The Morgan fingerprint density at radius 3 is 2.50 bits per heavy atom. The molecular weight excluding hydrogens is 280 g/mol. The van der Waals surface area contributed by atoms with Crippen LogP contribution in [0, 0.1) is 0 Å². The van der Waals surface area contributed by atoms with Gasteiger partial charge in [0.25, 0.3) is 5.91 Å². The molecule has 1 atom stereocenters. The highest BCUT2D eigenvalue weighted by Gasteiger charge is 2.27. The molecule has 0 bridgehead atoms. The summed E-state index contributed by atoms with van der Waals surface area (Å²) in [6.45, 7) is 9.39. The van der Waals surface area contributed by atoms with Crippen molar-refractivity contribution in [2.45, 2.75) is 39.7 Å². The molecule has 5 heteroatoms. The Bertz CT molecular complexity index is 501. The summed E-state index contributed by atoms with van der Waals surface area (Å²) >= 11 is 0. The van der Waals surface area contributed by atoms with Gasteiger partial charge in [0, 0.05) is 18.2 Å². The van der Waals surface area contributed by atoms with Crippen molar-refractivity contribution in [3.63, 3.8) is 0 Å². The lowest BCUT2D eigenvalue weighted by molar-refractivity contribution is -0.912. The second-order valence-corrected chi connectivity index (χ2v) is 5.55. The van der Waals surface area contributed by atoms with E-state index in [0.717, 1.165) is 37.4 Å². The van der Waals surface area contributed by atoms with E-state index in [-0.39, 0.29) is 11.9 Å². The third-order valence-electron chi connectivity index (χ3n) is 4.10. The third kappa shape index (κ3) is 3.91. The maximum atomic E-state index is 12.6. The number of likely N-dealkylation sites (N-methyl/N-ethyl adjacent to an activating group) is 1. The maximum Gasteiger partial charge on any atom is 0.282 e. The van der Waals surface area contributed by atoms with Crippen LogP contribution in [0.1, 0.15) is 33.6 Å². The first-order chi connectivity index (χ1) is 10.7. The second-order valence-electron chi connectivity index (χ2n) is 5.55. The Hall–Kier alpha value is -1.75. The van der Waals surface area contributed by atoms with E-state index in [1.807, 2.05) is 18.2 Å². The second kappa shape index (κ2) is 8.03. The van der Waals surface area contributed by atoms with E-state index in [1.165, 1.54) is 4.90 Å². The number of hydrogen-bond donors (Lipinski definition) is 2. The minimum atomic E-state index is -0.00630. The zero-order valence-corrected chi connectivity index (χ0v) is 13.8. The summed E-state index contributed by atoms with van der Waals surface area (Å²) in [6.07, 6.45) is 1.90. The lowest BCUT2D eigenvalue weighted by Crippen LogP contribution is -3.16. The van der Waals surface area contributed by atoms with Crippen LogP contribution in [-0.2, 0) is 4.79 Å². The molecule has 1 amide bonds. The van der Waals surface area contributed by atoms with E-state index in [4.69, 9.17) is 9.47 Å². The van der Waals surface area contributed by atoms with E-state index in [2.05, 4.69) is 26.1 Å². The number of carbonyl (C=O) groups excluding carboxylic acids is 1. The van der Waals surface area contributed by atoms with Crippen molar-refractivity contribution in [3.8, 4) is 11.5 Å². The van der Waals surface area contributed by atoms with Gasteiger partial charge in [-0.15, -0.1) is 0 Å². The van der Waals surface area contributed by atoms with E-state index in [9.17, 15) is 4.79 Å². The first-order valence-corrected chi connectivity index (χ1v) is 8.24. The summed E-state index contributed by atoms with van der Waals surface area (Å²) in [6, 6.07) is 5.55. The van der Waals surface area contributed by atoms with Crippen LogP contribution in [0.2, 0.25) is 0 Å². The maximum absolute atomic E-state index is 12.6. The zero-order chi connectivity index (χ0) is 15.9. The van der Waals surface area contributed by atoms with Crippen molar-refractivity contribution < 1.29 is 19.2 Å². The predicted molar refractivity (Wildman–Crippen MR) is 86.8 cm³/mol. The molecule has 0 spiro atoms. The predicted octanol–water partition coefficient (Wildman–Crippen LogP) is 1.49. The van der Waals surface area contributed by atoms with Gasteiger partial charge in [-0.1, -0.05) is 6.92 Å². The number of fused-ring (bicyclic) bond motifs is 1. The highest BCUT2D eigenvalue weighted by atomic mass is 16.6. The van der Waals surface area contributed by atoms with Gasteiger partial charge in [0.2, 0.25) is 0 Å². The Morgan fingerprint density at radius 1 is 1.18 bits per heavy atom. The van der Waals surface area contributed by atoms with Crippen molar-refractivity contribution in [2.24, 2.45) is 0 Å². The molecule has 22 heavy (non-hydrogen) atoms. The van der Waals surface area contributed by atoms with E-state index in [1.54, 1.807) is 0 Å². The quantitative estimate of drug-likeness (QED) is 0.802. The van der Waals surface area contributed by atoms with Crippen LogP contribution in [0.5, 0.6) is 11.5 Å². The van der Waals surface area contributed by atoms with E-state index in [0.29, 0.717) is 19.0 Å². The van der Waals surface area contributed by atoms with Crippen molar-refractivity contribution >= 4 is 11.6 Å². The topological polar surface area (TPSA) is 52.0 Å². The molecule has 1 aliphatic heterocycles. The molecule has 1 heterocycles. The van der Waals surface area contributed by atoms with E-state index < -0.39 is 0 Å². The number of quaternary nitrogens is 1. The highest BCUT2D eigenvalue weighted by Crippen LogP contribution is 2.32. The van der Waals surface area contributed by atoms with Gasteiger partial charge in [0.05, 0.1) is 13.1 Å². The van der Waals surface area contributed by atoms with Gasteiger partial charge in [-0.25, -0.2) is 0 Å². The van der Waals surface area contributed by atoms with Crippen molar-refractivity contribution in [3.05, 3.63) is 18.2 Å². The first-order valence-electron chi connectivity index (χ1n) is 8.24. The summed E-state index contributed by atoms with van der Waals surface area (Å²) in [5.41, 5.74) is 0.766. The Kier molecular flexibility index (Phi) is 6.07. The van der Waals surface area contributed by atoms with Crippen molar-refractivity contribution in [2.75, 3.05) is 31.6 Å². The highest BCUT2D eigenvalue weighted by molar-refractivity contribution is 5.94. The molecule has 2 rings (SSSR count). The summed E-state index contributed by atoms with van der Waals surface area (Å²) in [4.78, 5) is 13.9. The first kappa shape index (κ1) is 16.6. The molecule has 0 fully saturated rings. The lowest BCUT2D eigenvalue weighted by atomic mass is 10.1. The number of nitrogens with one attached hydrogen (secondary N) is 2. The Labute approximate surface area is 132 Å². The van der Waals surface area contributed by atoms with Gasteiger partial charge in [0.1, 0.15) is 13.2 Å². The fourth-order valence-electron chi connectivity index (χ4n) is 2.90. The number of benzene rings is 1.